The molecule has 2 heterocycles. The number of aryl methyl sites for hydroxylation is 1. The van der Waals surface area contributed by atoms with E-state index in [1.54, 1.807) is 13.1 Å². The van der Waals surface area contributed by atoms with Crippen LogP contribution in [0.15, 0.2) is 24.4 Å². The van der Waals surface area contributed by atoms with Crippen molar-refractivity contribution in [2.24, 2.45) is 0 Å². The first-order valence-electron chi connectivity index (χ1n) is 8.04. The molecule has 2 N–H and O–H groups in total. The minimum absolute atomic E-state index is 0.0432. The molecule has 128 valence electrons. The monoisotopic (exact) mass is 329 g/mol. The Morgan fingerprint density at radius 3 is 2.75 bits per heavy atom. The molecule has 0 atom stereocenters. The van der Waals surface area contributed by atoms with Gasteiger partial charge in [-0.05, 0) is 50.5 Å². The predicted molar refractivity (Wildman–Crippen MR) is 90.6 cm³/mol. The number of nitrogens with one attached hydrogen (secondary N) is 2. The molecule has 0 bridgehead atoms. The van der Waals surface area contributed by atoms with E-state index in [1.165, 1.54) is 0 Å². The van der Waals surface area contributed by atoms with Crippen LogP contribution in [0.2, 0.25) is 0 Å². The van der Waals surface area contributed by atoms with Crippen LogP contribution in [0.3, 0.4) is 0 Å². The molecule has 0 aliphatic heterocycles. The molecule has 0 aliphatic carbocycles. The van der Waals surface area contributed by atoms with E-state index in [1.807, 2.05) is 32.0 Å². The number of H-pyrrole nitrogens is 1. The number of amides is 1. The zero-order chi connectivity index (χ0) is 17.5. The maximum absolute atomic E-state index is 12.0. The van der Waals surface area contributed by atoms with Gasteiger partial charge in [-0.2, -0.15) is 0 Å². The smallest absolute Gasteiger partial charge is 0.355 e. The second kappa shape index (κ2) is 8.29. The minimum atomic E-state index is -0.357. The molecule has 0 aromatic carbocycles. The van der Waals surface area contributed by atoms with Gasteiger partial charge in [0.25, 0.3) is 0 Å². The van der Waals surface area contributed by atoms with Crippen LogP contribution in [0.5, 0.6) is 0 Å². The fourth-order valence-corrected chi connectivity index (χ4v) is 2.59. The highest BCUT2D eigenvalue weighted by Gasteiger charge is 2.18. The van der Waals surface area contributed by atoms with Crippen molar-refractivity contribution in [1.29, 1.82) is 0 Å². The Morgan fingerprint density at radius 1 is 1.29 bits per heavy atom. The largest absolute Gasteiger partial charge is 0.461 e. The van der Waals surface area contributed by atoms with E-state index in [-0.39, 0.29) is 11.9 Å². The molecular weight excluding hydrogens is 306 g/mol. The zero-order valence-electron chi connectivity index (χ0n) is 14.3. The zero-order valence-corrected chi connectivity index (χ0v) is 14.3. The summed E-state index contributed by atoms with van der Waals surface area (Å²) in [4.78, 5) is 31.1. The highest BCUT2D eigenvalue weighted by atomic mass is 16.5. The van der Waals surface area contributed by atoms with Crippen molar-refractivity contribution >= 4 is 11.9 Å². The van der Waals surface area contributed by atoms with E-state index in [4.69, 9.17) is 4.74 Å². The summed E-state index contributed by atoms with van der Waals surface area (Å²) in [5.74, 6) is -0.401. The number of rotatable bonds is 7. The van der Waals surface area contributed by atoms with E-state index < -0.39 is 0 Å². The molecule has 2 aromatic rings. The van der Waals surface area contributed by atoms with Crippen molar-refractivity contribution in [3.63, 3.8) is 0 Å². The summed E-state index contributed by atoms with van der Waals surface area (Å²) in [6, 6.07) is 5.59. The van der Waals surface area contributed by atoms with E-state index >= 15 is 0 Å². The molecule has 2 rings (SSSR count). The SMILES string of the molecule is CCOC(=O)c1[nH]c(C)c(CCC(=O)NCc2ccccn2)c1C. The molecule has 0 spiro atoms. The van der Waals surface area contributed by atoms with Gasteiger partial charge in [0.15, 0.2) is 0 Å². The number of aromatic amines is 1. The Labute approximate surface area is 141 Å². The normalized spacial score (nSPS) is 10.5. The Morgan fingerprint density at radius 2 is 2.08 bits per heavy atom. The quantitative estimate of drug-likeness (QED) is 0.764. The first kappa shape index (κ1) is 17.7. The molecule has 0 saturated carbocycles. The summed E-state index contributed by atoms with van der Waals surface area (Å²) in [5, 5.41) is 2.85. The number of carbonyl (C=O) groups excluding carboxylic acids is 2. The van der Waals surface area contributed by atoms with Crippen LogP contribution in [0.25, 0.3) is 0 Å². The molecular formula is C18H23N3O3. The van der Waals surface area contributed by atoms with Crippen molar-refractivity contribution in [3.05, 3.63) is 52.6 Å². The molecule has 24 heavy (non-hydrogen) atoms. The Balaban J connectivity index is 1.92. The number of carbonyl (C=O) groups is 2. The van der Waals surface area contributed by atoms with Crippen molar-refractivity contribution < 1.29 is 14.3 Å². The molecule has 6 nitrogen and oxygen atoms in total. The third kappa shape index (κ3) is 4.44. The summed E-state index contributed by atoms with van der Waals surface area (Å²) in [5.41, 5.74) is 4.03. The number of hydrogen-bond donors (Lipinski definition) is 2. The van der Waals surface area contributed by atoms with Gasteiger partial charge in [0.05, 0.1) is 18.8 Å². The number of nitrogens with zero attached hydrogens (tertiary/aromatic N) is 1. The van der Waals surface area contributed by atoms with E-state index in [0.717, 1.165) is 22.5 Å². The van der Waals surface area contributed by atoms with Crippen molar-refractivity contribution in [2.75, 3.05) is 6.61 Å². The summed E-state index contributed by atoms with van der Waals surface area (Å²) in [6.07, 6.45) is 2.63. The number of aromatic nitrogens is 2. The van der Waals surface area contributed by atoms with Gasteiger partial charge >= 0.3 is 5.97 Å². The first-order chi connectivity index (χ1) is 11.5. The molecule has 0 radical (unpaired) electrons. The fourth-order valence-electron chi connectivity index (χ4n) is 2.59. The maximum atomic E-state index is 12.0. The van der Waals surface area contributed by atoms with Crippen LogP contribution in [0.1, 0.15) is 46.3 Å². The van der Waals surface area contributed by atoms with Gasteiger partial charge in [-0.1, -0.05) is 6.07 Å². The van der Waals surface area contributed by atoms with Crippen LogP contribution in [-0.2, 0) is 22.5 Å². The number of esters is 1. The second-order valence-electron chi connectivity index (χ2n) is 5.55. The summed E-state index contributed by atoms with van der Waals surface area (Å²) in [7, 11) is 0. The van der Waals surface area contributed by atoms with E-state index in [2.05, 4.69) is 15.3 Å². The highest BCUT2D eigenvalue weighted by molar-refractivity contribution is 5.90. The van der Waals surface area contributed by atoms with Gasteiger partial charge in [-0.15, -0.1) is 0 Å². The summed E-state index contributed by atoms with van der Waals surface area (Å²) >= 11 is 0. The third-order valence-electron chi connectivity index (χ3n) is 3.87. The minimum Gasteiger partial charge on any atom is -0.461 e. The Bertz CT molecular complexity index is 708. The lowest BCUT2D eigenvalue weighted by Crippen LogP contribution is -2.23. The molecule has 0 aliphatic rings. The number of pyridine rings is 1. The van der Waals surface area contributed by atoms with Crippen LogP contribution >= 0.6 is 0 Å². The maximum Gasteiger partial charge on any atom is 0.355 e. The van der Waals surface area contributed by atoms with Crippen LogP contribution < -0.4 is 5.32 Å². The number of hydrogen-bond acceptors (Lipinski definition) is 4. The molecule has 1 amide bonds. The van der Waals surface area contributed by atoms with Crippen molar-refractivity contribution in [3.8, 4) is 0 Å². The molecule has 0 saturated heterocycles. The van der Waals surface area contributed by atoms with Gasteiger partial charge in [0, 0.05) is 18.3 Å². The van der Waals surface area contributed by atoms with Crippen LogP contribution in [-0.4, -0.2) is 28.5 Å². The fraction of sp³-hybridized carbons (Fsp3) is 0.389. The van der Waals surface area contributed by atoms with Crippen LogP contribution in [0.4, 0.5) is 0 Å². The molecule has 0 fully saturated rings. The Kier molecular flexibility index (Phi) is 6.12. The van der Waals surface area contributed by atoms with Crippen LogP contribution in [0, 0.1) is 13.8 Å². The van der Waals surface area contributed by atoms with Gasteiger partial charge in [-0.25, -0.2) is 4.79 Å². The Hall–Kier alpha value is -2.63. The topological polar surface area (TPSA) is 84.1 Å². The third-order valence-corrected chi connectivity index (χ3v) is 3.87. The van der Waals surface area contributed by atoms with Gasteiger partial charge < -0.3 is 15.0 Å². The van der Waals surface area contributed by atoms with Gasteiger partial charge in [-0.3, -0.25) is 9.78 Å². The first-order valence-corrected chi connectivity index (χ1v) is 8.04. The average molecular weight is 329 g/mol. The van der Waals surface area contributed by atoms with Gasteiger partial charge in [0.1, 0.15) is 5.69 Å². The van der Waals surface area contributed by atoms with Crippen molar-refractivity contribution in [1.82, 2.24) is 15.3 Å². The van der Waals surface area contributed by atoms with Crippen molar-refractivity contribution in [2.45, 2.75) is 40.2 Å². The summed E-state index contributed by atoms with van der Waals surface area (Å²) < 4.78 is 5.03. The molecule has 6 heteroatoms. The number of ether oxygens (including phenoxy) is 1. The predicted octanol–water partition coefficient (Wildman–Crippen LogP) is 2.45. The standard InChI is InChI=1S/C18H23N3O3/c1-4-24-18(23)17-12(2)15(13(3)21-17)8-9-16(22)20-11-14-7-5-6-10-19-14/h5-7,10,21H,4,8-9,11H2,1-3H3,(H,20,22). The highest BCUT2D eigenvalue weighted by Crippen LogP contribution is 2.20. The lowest BCUT2D eigenvalue weighted by Gasteiger charge is -2.06. The lowest BCUT2D eigenvalue weighted by atomic mass is 10.0. The summed E-state index contributed by atoms with van der Waals surface area (Å²) in [6.45, 7) is 6.30. The molecule has 0 unspecified atom stereocenters. The van der Waals surface area contributed by atoms with E-state index in [0.29, 0.717) is 31.7 Å². The molecule has 2 aromatic heterocycles. The second-order valence-corrected chi connectivity index (χ2v) is 5.55. The van der Waals surface area contributed by atoms with Gasteiger partial charge in [0.2, 0.25) is 5.91 Å². The lowest BCUT2D eigenvalue weighted by molar-refractivity contribution is -0.121. The van der Waals surface area contributed by atoms with E-state index in [9.17, 15) is 9.59 Å². The average Bonchev–Trinajstić information content (AvgIpc) is 2.86.